The summed E-state index contributed by atoms with van der Waals surface area (Å²) >= 11 is 3.79. The number of halogens is 1. The number of nitrogens with zero attached hydrogens (tertiary/aromatic N) is 3. The SMILES string of the molecule is CC(C)CCC1(C)c2ccccc2-c2cc3c(cc21)c1cc(Br)ccc1n3-c1nc(-c2ccc(-c3ccccc3)cc2)c2ccccc2n1. The van der Waals surface area contributed by atoms with Crippen LogP contribution in [0.4, 0.5) is 0 Å². The van der Waals surface area contributed by atoms with Crippen molar-refractivity contribution in [1.29, 1.82) is 0 Å². The summed E-state index contributed by atoms with van der Waals surface area (Å²) in [6.07, 6.45) is 2.29. The van der Waals surface area contributed by atoms with Crippen molar-refractivity contribution in [2.45, 2.75) is 39.0 Å². The molecule has 9 rings (SSSR count). The molecule has 2 aromatic heterocycles. The highest BCUT2D eigenvalue weighted by atomic mass is 79.9. The van der Waals surface area contributed by atoms with Crippen molar-refractivity contribution in [1.82, 2.24) is 14.5 Å². The summed E-state index contributed by atoms with van der Waals surface area (Å²) in [6, 6.07) is 48.1. The molecule has 0 spiro atoms. The normalized spacial score (nSPS) is 15.4. The summed E-state index contributed by atoms with van der Waals surface area (Å²) in [5.41, 5.74) is 13.0. The molecule has 0 radical (unpaired) electrons. The van der Waals surface area contributed by atoms with Crippen molar-refractivity contribution in [3.63, 3.8) is 0 Å². The summed E-state index contributed by atoms with van der Waals surface area (Å²) in [5.74, 6) is 1.32. The third-order valence-corrected chi connectivity index (χ3v) is 11.0. The van der Waals surface area contributed by atoms with Gasteiger partial charge in [-0.25, -0.2) is 9.97 Å². The van der Waals surface area contributed by atoms with E-state index in [4.69, 9.17) is 9.97 Å². The monoisotopic (exact) mass is 697 g/mol. The molecule has 0 N–H and O–H groups in total. The first-order chi connectivity index (χ1) is 23.9. The second-order valence-electron chi connectivity index (χ2n) is 14.1. The molecule has 0 saturated carbocycles. The van der Waals surface area contributed by atoms with Gasteiger partial charge >= 0.3 is 0 Å². The second-order valence-corrected chi connectivity index (χ2v) is 15.0. The zero-order valence-corrected chi connectivity index (χ0v) is 29.5. The first-order valence-corrected chi connectivity index (χ1v) is 18.0. The average molecular weight is 699 g/mol. The molecule has 0 aliphatic heterocycles. The van der Waals surface area contributed by atoms with Gasteiger partial charge in [-0.15, -0.1) is 0 Å². The summed E-state index contributed by atoms with van der Waals surface area (Å²) in [6.45, 7) is 7.10. The molecule has 1 aliphatic rings. The number of hydrogen-bond acceptors (Lipinski definition) is 2. The summed E-state index contributed by atoms with van der Waals surface area (Å²) in [4.78, 5) is 10.6. The highest BCUT2D eigenvalue weighted by Crippen LogP contribution is 2.53. The lowest BCUT2D eigenvalue weighted by Gasteiger charge is -2.28. The van der Waals surface area contributed by atoms with Gasteiger partial charge in [0.2, 0.25) is 5.95 Å². The second kappa shape index (κ2) is 11.5. The minimum absolute atomic E-state index is 0.0522. The molecule has 6 aromatic carbocycles. The predicted octanol–water partition coefficient (Wildman–Crippen LogP) is 12.5. The molecule has 8 aromatic rings. The molecule has 238 valence electrons. The van der Waals surface area contributed by atoms with Crippen molar-refractivity contribution in [2.75, 3.05) is 0 Å². The average Bonchev–Trinajstić information content (AvgIpc) is 3.58. The minimum Gasteiger partial charge on any atom is -0.278 e. The van der Waals surface area contributed by atoms with Crippen LogP contribution in [0.25, 0.3) is 72.2 Å². The van der Waals surface area contributed by atoms with Crippen molar-refractivity contribution in [3.8, 4) is 39.5 Å². The summed E-state index contributed by atoms with van der Waals surface area (Å²) < 4.78 is 3.34. The lowest BCUT2D eigenvalue weighted by atomic mass is 9.75. The molecule has 0 saturated heterocycles. The predicted molar refractivity (Wildman–Crippen MR) is 208 cm³/mol. The van der Waals surface area contributed by atoms with Gasteiger partial charge in [-0.3, -0.25) is 4.57 Å². The summed E-state index contributed by atoms with van der Waals surface area (Å²) in [5, 5.41) is 3.46. The molecule has 0 fully saturated rings. The minimum atomic E-state index is -0.0522. The van der Waals surface area contributed by atoms with E-state index < -0.39 is 0 Å². The zero-order chi connectivity index (χ0) is 33.3. The van der Waals surface area contributed by atoms with Crippen LogP contribution in [-0.2, 0) is 5.41 Å². The Bertz CT molecular complexity index is 2550. The number of aromatic nitrogens is 3. The Balaban J connectivity index is 1.29. The van der Waals surface area contributed by atoms with Gasteiger partial charge in [0.25, 0.3) is 0 Å². The van der Waals surface area contributed by atoms with E-state index in [9.17, 15) is 0 Å². The fraction of sp³-hybridized carbons (Fsp3) is 0.156. The number of hydrogen-bond donors (Lipinski definition) is 0. The van der Waals surface area contributed by atoms with E-state index >= 15 is 0 Å². The van der Waals surface area contributed by atoms with Crippen LogP contribution in [-0.4, -0.2) is 14.5 Å². The van der Waals surface area contributed by atoms with Crippen LogP contribution < -0.4 is 0 Å². The molecular formula is C45H36BrN3. The van der Waals surface area contributed by atoms with Gasteiger partial charge in [0.15, 0.2) is 0 Å². The first-order valence-electron chi connectivity index (χ1n) is 17.2. The Labute approximate surface area is 295 Å². The third kappa shape index (κ3) is 4.84. The van der Waals surface area contributed by atoms with Crippen molar-refractivity contribution in [2.24, 2.45) is 5.92 Å². The topological polar surface area (TPSA) is 30.7 Å². The van der Waals surface area contributed by atoms with Crippen LogP contribution >= 0.6 is 15.9 Å². The maximum atomic E-state index is 5.39. The number of rotatable bonds is 6. The summed E-state index contributed by atoms with van der Waals surface area (Å²) in [7, 11) is 0. The van der Waals surface area contributed by atoms with Gasteiger partial charge in [-0.1, -0.05) is 134 Å². The molecule has 0 amide bonds. The Morgan fingerprint density at radius 2 is 1.31 bits per heavy atom. The van der Waals surface area contributed by atoms with Crippen molar-refractivity contribution >= 4 is 48.6 Å². The molecule has 49 heavy (non-hydrogen) atoms. The smallest absolute Gasteiger partial charge is 0.235 e. The fourth-order valence-electron chi connectivity index (χ4n) is 7.96. The molecule has 0 bridgehead atoms. The Hall–Kier alpha value is -5.06. The highest BCUT2D eigenvalue weighted by Gasteiger charge is 2.39. The standard InChI is InChI=1S/C45H36BrN3/c1-28(2)23-24-45(3)38-15-9-7-13-33(38)35-27-42-37(26-39(35)45)36-25-32(46)21-22-41(36)49(42)44-47-40-16-10-8-14-34(40)43(48-44)31-19-17-30(18-20-31)29-11-5-4-6-12-29/h4-22,25-28H,23-24H2,1-3H3. The lowest BCUT2D eigenvalue weighted by molar-refractivity contribution is 0.447. The molecule has 2 heterocycles. The number of fused-ring (bicyclic) bond motifs is 7. The van der Waals surface area contributed by atoms with Gasteiger partial charge in [0.1, 0.15) is 0 Å². The van der Waals surface area contributed by atoms with E-state index in [1.807, 2.05) is 0 Å². The van der Waals surface area contributed by atoms with Crippen molar-refractivity contribution in [3.05, 3.63) is 149 Å². The fourth-order valence-corrected chi connectivity index (χ4v) is 8.32. The number of benzene rings is 6. The zero-order valence-electron chi connectivity index (χ0n) is 27.9. The molecule has 3 nitrogen and oxygen atoms in total. The van der Waals surface area contributed by atoms with Gasteiger partial charge in [-0.05, 0) is 88.5 Å². The first kappa shape index (κ1) is 30.0. The van der Waals surface area contributed by atoms with Crippen LogP contribution in [0.5, 0.6) is 0 Å². The van der Waals surface area contributed by atoms with E-state index in [2.05, 4.69) is 175 Å². The molecule has 4 heteroatoms. The Morgan fingerprint density at radius 1 is 0.612 bits per heavy atom. The molecule has 1 atom stereocenters. The maximum absolute atomic E-state index is 5.39. The van der Waals surface area contributed by atoms with E-state index in [0.717, 1.165) is 44.1 Å². The van der Waals surface area contributed by atoms with Crippen LogP contribution in [0, 0.1) is 5.92 Å². The van der Waals surface area contributed by atoms with E-state index in [1.165, 1.54) is 50.6 Å². The Morgan fingerprint density at radius 3 is 2.12 bits per heavy atom. The van der Waals surface area contributed by atoms with E-state index in [-0.39, 0.29) is 5.41 Å². The number of para-hydroxylation sites is 1. The van der Waals surface area contributed by atoms with E-state index in [1.54, 1.807) is 0 Å². The maximum Gasteiger partial charge on any atom is 0.235 e. The van der Waals surface area contributed by atoms with Gasteiger partial charge < -0.3 is 0 Å². The van der Waals surface area contributed by atoms with Gasteiger partial charge in [0.05, 0.1) is 22.2 Å². The lowest BCUT2D eigenvalue weighted by Crippen LogP contribution is -2.21. The highest BCUT2D eigenvalue weighted by molar-refractivity contribution is 9.10. The van der Waals surface area contributed by atoms with Crippen LogP contribution in [0.1, 0.15) is 44.7 Å². The van der Waals surface area contributed by atoms with Gasteiger partial charge in [0, 0.05) is 31.6 Å². The van der Waals surface area contributed by atoms with Crippen LogP contribution in [0.2, 0.25) is 0 Å². The molecular weight excluding hydrogens is 662 g/mol. The molecule has 1 unspecified atom stereocenters. The quantitative estimate of drug-likeness (QED) is 0.173. The Kier molecular flexibility index (Phi) is 7.07. The van der Waals surface area contributed by atoms with E-state index in [0.29, 0.717) is 11.9 Å². The largest absolute Gasteiger partial charge is 0.278 e. The van der Waals surface area contributed by atoms with Crippen LogP contribution in [0.3, 0.4) is 0 Å². The van der Waals surface area contributed by atoms with Crippen LogP contribution in [0.15, 0.2) is 138 Å². The third-order valence-electron chi connectivity index (χ3n) is 10.6. The van der Waals surface area contributed by atoms with Gasteiger partial charge in [-0.2, -0.15) is 0 Å². The molecule has 1 aliphatic carbocycles. The van der Waals surface area contributed by atoms with Crippen molar-refractivity contribution < 1.29 is 0 Å².